The van der Waals surface area contributed by atoms with Crippen molar-refractivity contribution in [2.45, 2.75) is 44.9 Å². The molecule has 8 heteroatoms. The van der Waals surface area contributed by atoms with Gasteiger partial charge in [0.1, 0.15) is 0 Å². The average Bonchev–Trinajstić information content (AvgIpc) is 2.88. The highest BCUT2D eigenvalue weighted by atomic mass is 16.7. The Hall–Kier alpha value is -3.10. The van der Waals surface area contributed by atoms with Crippen molar-refractivity contribution in [2.24, 2.45) is 0 Å². The number of nitrogens with one attached hydrogen (secondary N) is 1. The van der Waals surface area contributed by atoms with Crippen LogP contribution in [0, 0.1) is 0 Å². The molecule has 0 saturated heterocycles. The number of nitrogens with zero attached hydrogens (tertiary/aromatic N) is 1. The molecule has 0 saturated carbocycles. The molecule has 0 spiro atoms. The highest BCUT2D eigenvalue weighted by molar-refractivity contribution is 6.02. The van der Waals surface area contributed by atoms with Crippen LogP contribution in [0.25, 0.3) is 0 Å². The van der Waals surface area contributed by atoms with Crippen molar-refractivity contribution < 1.29 is 28.5 Å². The SMILES string of the molecule is CCOC(CCNC(=O)[C@@H]1c2cc(OC)c(OC)cc2C(=O)N2CCc3ccccc3[C@H]12)OCC. The molecule has 2 aromatic rings. The van der Waals surface area contributed by atoms with Gasteiger partial charge < -0.3 is 29.2 Å². The van der Waals surface area contributed by atoms with Gasteiger partial charge in [-0.1, -0.05) is 24.3 Å². The van der Waals surface area contributed by atoms with E-state index in [1.54, 1.807) is 19.2 Å². The highest BCUT2D eigenvalue weighted by Gasteiger charge is 2.46. The Bertz CT molecular complexity index is 1070. The summed E-state index contributed by atoms with van der Waals surface area (Å²) in [5.41, 5.74) is 3.29. The van der Waals surface area contributed by atoms with Gasteiger partial charge >= 0.3 is 0 Å². The van der Waals surface area contributed by atoms with Gasteiger partial charge in [0.05, 0.1) is 26.2 Å². The first-order valence-electron chi connectivity index (χ1n) is 12.2. The summed E-state index contributed by atoms with van der Waals surface area (Å²) in [6.45, 7) is 5.84. The predicted molar refractivity (Wildman–Crippen MR) is 131 cm³/mol. The Kier molecular flexibility index (Phi) is 7.93. The smallest absolute Gasteiger partial charge is 0.254 e. The van der Waals surface area contributed by atoms with E-state index in [0.29, 0.717) is 55.4 Å². The molecule has 2 heterocycles. The fourth-order valence-corrected chi connectivity index (χ4v) is 5.14. The summed E-state index contributed by atoms with van der Waals surface area (Å²) in [7, 11) is 3.09. The quantitative estimate of drug-likeness (QED) is 0.522. The standard InChI is InChI=1S/C27H34N2O6/c1-5-34-23(35-6-2)11-13-28-26(30)24-19-15-21(32-3)22(33-4)16-20(19)27(31)29-14-12-17-9-7-8-10-18(17)25(24)29/h7-10,15-16,23-25H,5-6,11-14H2,1-4H3,(H,28,30)/t24-,25-/m1/s1. The van der Waals surface area contributed by atoms with E-state index in [9.17, 15) is 9.59 Å². The molecule has 35 heavy (non-hydrogen) atoms. The van der Waals surface area contributed by atoms with Crippen molar-refractivity contribution >= 4 is 11.8 Å². The number of fused-ring (bicyclic) bond motifs is 4. The van der Waals surface area contributed by atoms with Crippen LogP contribution in [0.4, 0.5) is 0 Å². The van der Waals surface area contributed by atoms with Gasteiger partial charge in [0.2, 0.25) is 5.91 Å². The molecular weight excluding hydrogens is 448 g/mol. The number of ether oxygens (including phenoxy) is 4. The van der Waals surface area contributed by atoms with E-state index >= 15 is 0 Å². The van der Waals surface area contributed by atoms with Crippen LogP contribution in [0.2, 0.25) is 0 Å². The summed E-state index contributed by atoms with van der Waals surface area (Å²) < 4.78 is 22.2. The Morgan fingerprint density at radius 3 is 2.43 bits per heavy atom. The third-order valence-corrected chi connectivity index (χ3v) is 6.70. The topological polar surface area (TPSA) is 86.3 Å². The molecule has 0 aliphatic carbocycles. The van der Waals surface area contributed by atoms with Gasteiger partial charge in [0.15, 0.2) is 17.8 Å². The second kappa shape index (κ2) is 11.1. The van der Waals surface area contributed by atoms with Crippen molar-refractivity contribution in [2.75, 3.05) is 40.5 Å². The fraction of sp³-hybridized carbons (Fsp3) is 0.481. The molecule has 2 aliphatic heterocycles. The molecule has 1 N–H and O–H groups in total. The van der Waals surface area contributed by atoms with Crippen LogP contribution >= 0.6 is 0 Å². The first-order chi connectivity index (χ1) is 17.0. The Morgan fingerprint density at radius 1 is 1.06 bits per heavy atom. The summed E-state index contributed by atoms with van der Waals surface area (Å²) in [6, 6.07) is 11.1. The van der Waals surface area contributed by atoms with Crippen LogP contribution in [0.3, 0.4) is 0 Å². The van der Waals surface area contributed by atoms with Crippen LogP contribution < -0.4 is 14.8 Å². The minimum Gasteiger partial charge on any atom is -0.493 e. The number of carbonyl (C=O) groups excluding carboxylic acids is 2. The lowest BCUT2D eigenvalue weighted by Gasteiger charge is -2.45. The van der Waals surface area contributed by atoms with Crippen molar-refractivity contribution in [3.63, 3.8) is 0 Å². The maximum Gasteiger partial charge on any atom is 0.254 e. The van der Waals surface area contributed by atoms with Gasteiger partial charge in [-0.2, -0.15) is 0 Å². The largest absolute Gasteiger partial charge is 0.493 e. The van der Waals surface area contributed by atoms with Crippen LogP contribution in [0.5, 0.6) is 11.5 Å². The van der Waals surface area contributed by atoms with E-state index in [2.05, 4.69) is 11.4 Å². The lowest BCUT2D eigenvalue weighted by atomic mass is 9.75. The number of methoxy groups -OCH3 is 2. The molecular formula is C27H34N2O6. The van der Waals surface area contributed by atoms with Gasteiger partial charge in [-0.15, -0.1) is 0 Å². The zero-order chi connectivity index (χ0) is 24.9. The molecule has 2 amide bonds. The van der Waals surface area contributed by atoms with Crippen LogP contribution in [-0.4, -0.2) is 63.5 Å². The highest BCUT2D eigenvalue weighted by Crippen LogP contribution is 2.48. The van der Waals surface area contributed by atoms with E-state index < -0.39 is 12.0 Å². The number of benzene rings is 2. The van der Waals surface area contributed by atoms with Gasteiger partial charge in [-0.05, 0) is 49.1 Å². The number of amides is 2. The van der Waals surface area contributed by atoms with Crippen molar-refractivity contribution in [1.29, 1.82) is 0 Å². The number of hydrogen-bond acceptors (Lipinski definition) is 6. The molecule has 0 radical (unpaired) electrons. The molecule has 8 nitrogen and oxygen atoms in total. The van der Waals surface area contributed by atoms with E-state index in [-0.39, 0.29) is 18.1 Å². The number of rotatable bonds is 10. The summed E-state index contributed by atoms with van der Waals surface area (Å²) in [6.07, 6.45) is 0.907. The average molecular weight is 483 g/mol. The molecule has 188 valence electrons. The number of carbonyl (C=O) groups is 2. The van der Waals surface area contributed by atoms with Gasteiger partial charge in [-0.25, -0.2) is 0 Å². The van der Waals surface area contributed by atoms with E-state index in [1.807, 2.05) is 36.9 Å². The molecule has 2 atom stereocenters. The van der Waals surface area contributed by atoms with E-state index in [0.717, 1.165) is 17.5 Å². The predicted octanol–water partition coefficient (Wildman–Crippen LogP) is 3.45. The molecule has 2 aliphatic rings. The van der Waals surface area contributed by atoms with Crippen molar-refractivity contribution in [3.8, 4) is 11.5 Å². The Morgan fingerprint density at radius 2 is 1.74 bits per heavy atom. The summed E-state index contributed by atoms with van der Waals surface area (Å²) in [5.74, 6) is 0.108. The monoisotopic (exact) mass is 482 g/mol. The van der Waals surface area contributed by atoms with Crippen LogP contribution in [0.15, 0.2) is 36.4 Å². The minimum absolute atomic E-state index is 0.0998. The molecule has 0 aromatic heterocycles. The van der Waals surface area contributed by atoms with E-state index in [1.165, 1.54) is 7.11 Å². The lowest BCUT2D eigenvalue weighted by Crippen LogP contribution is -2.50. The molecule has 0 bridgehead atoms. The molecule has 0 unspecified atom stereocenters. The summed E-state index contributed by atoms with van der Waals surface area (Å²) >= 11 is 0. The number of hydrogen-bond donors (Lipinski definition) is 1. The van der Waals surface area contributed by atoms with Gasteiger partial charge in [0, 0.05) is 38.3 Å². The third kappa shape index (κ3) is 4.86. The van der Waals surface area contributed by atoms with Crippen LogP contribution in [0.1, 0.15) is 59.3 Å². The first-order valence-corrected chi connectivity index (χ1v) is 12.2. The summed E-state index contributed by atoms with van der Waals surface area (Å²) in [4.78, 5) is 29.2. The zero-order valence-electron chi connectivity index (χ0n) is 20.8. The second-order valence-corrected chi connectivity index (χ2v) is 8.58. The minimum atomic E-state index is -0.596. The van der Waals surface area contributed by atoms with Gasteiger partial charge in [0.25, 0.3) is 5.91 Å². The first kappa shape index (κ1) is 25.0. The normalized spacial score (nSPS) is 18.5. The van der Waals surface area contributed by atoms with Gasteiger partial charge in [-0.3, -0.25) is 9.59 Å². The second-order valence-electron chi connectivity index (χ2n) is 8.58. The Labute approximate surface area is 206 Å². The fourth-order valence-electron chi connectivity index (χ4n) is 5.14. The lowest BCUT2D eigenvalue weighted by molar-refractivity contribution is -0.140. The Balaban J connectivity index is 1.71. The van der Waals surface area contributed by atoms with Crippen molar-refractivity contribution in [3.05, 3.63) is 58.7 Å². The summed E-state index contributed by atoms with van der Waals surface area (Å²) in [5, 5.41) is 3.08. The third-order valence-electron chi connectivity index (χ3n) is 6.70. The van der Waals surface area contributed by atoms with Crippen molar-refractivity contribution in [1.82, 2.24) is 10.2 Å². The molecule has 4 rings (SSSR count). The molecule has 2 aromatic carbocycles. The maximum atomic E-state index is 13.8. The molecule has 0 fully saturated rings. The van der Waals surface area contributed by atoms with E-state index in [4.69, 9.17) is 18.9 Å². The zero-order valence-corrected chi connectivity index (χ0v) is 20.8. The van der Waals surface area contributed by atoms with Crippen LogP contribution in [-0.2, 0) is 20.7 Å². The maximum absolute atomic E-state index is 13.8.